The van der Waals surface area contributed by atoms with Gasteiger partial charge < -0.3 is 20.1 Å². The molecule has 100 valence electrons. The Morgan fingerprint density at radius 1 is 1.41 bits per heavy atom. The van der Waals surface area contributed by atoms with E-state index in [1.807, 2.05) is 0 Å². The van der Waals surface area contributed by atoms with Crippen LogP contribution in [0, 0.1) is 11.8 Å². The zero-order chi connectivity index (χ0) is 12.5. The second-order valence-electron chi connectivity index (χ2n) is 4.48. The molecule has 2 unspecified atom stereocenters. The topological polar surface area (TPSA) is 59.6 Å². The lowest BCUT2D eigenvalue weighted by molar-refractivity contribution is -0.130. The van der Waals surface area contributed by atoms with Gasteiger partial charge in [-0.3, -0.25) is 4.79 Å². The molecule has 1 amide bonds. The van der Waals surface area contributed by atoms with Crippen molar-refractivity contribution in [2.45, 2.75) is 13.3 Å². The summed E-state index contributed by atoms with van der Waals surface area (Å²) >= 11 is 0. The number of carbonyl (C=O) groups excluding carboxylic acids is 1. The number of nitrogens with one attached hydrogen (secondary N) is 2. The molecule has 0 bridgehead atoms. The predicted octanol–water partition coefficient (Wildman–Crippen LogP) is 0.0112. The molecule has 0 aromatic carbocycles. The highest BCUT2D eigenvalue weighted by molar-refractivity contribution is 5.79. The predicted molar refractivity (Wildman–Crippen MR) is 65.8 cm³/mol. The van der Waals surface area contributed by atoms with Gasteiger partial charge in [-0.25, -0.2) is 0 Å². The van der Waals surface area contributed by atoms with Gasteiger partial charge >= 0.3 is 0 Å². The first-order valence-electron chi connectivity index (χ1n) is 6.30. The smallest absolute Gasteiger partial charge is 0.223 e. The number of amides is 1. The molecule has 0 aromatic rings. The summed E-state index contributed by atoms with van der Waals surface area (Å²) in [6, 6.07) is 0. The van der Waals surface area contributed by atoms with E-state index in [4.69, 9.17) is 9.47 Å². The van der Waals surface area contributed by atoms with Crippen LogP contribution in [0.3, 0.4) is 0 Å². The molecular weight excluding hydrogens is 220 g/mol. The third kappa shape index (κ3) is 5.48. The average molecular weight is 244 g/mol. The summed E-state index contributed by atoms with van der Waals surface area (Å²) in [5.74, 6) is 0.599. The maximum Gasteiger partial charge on any atom is 0.223 e. The van der Waals surface area contributed by atoms with Crippen LogP contribution < -0.4 is 10.6 Å². The molecule has 17 heavy (non-hydrogen) atoms. The Bertz CT molecular complexity index is 224. The van der Waals surface area contributed by atoms with Crippen LogP contribution in [0.4, 0.5) is 0 Å². The van der Waals surface area contributed by atoms with Gasteiger partial charge in [-0.1, -0.05) is 6.92 Å². The highest BCUT2D eigenvalue weighted by atomic mass is 16.5. The molecule has 1 heterocycles. The summed E-state index contributed by atoms with van der Waals surface area (Å²) in [6.07, 6.45) is 0.837. The van der Waals surface area contributed by atoms with Crippen molar-refractivity contribution in [3.8, 4) is 0 Å². The molecule has 2 N–H and O–H groups in total. The molecule has 2 atom stereocenters. The summed E-state index contributed by atoms with van der Waals surface area (Å²) < 4.78 is 10.2. The van der Waals surface area contributed by atoms with Crippen LogP contribution >= 0.6 is 0 Å². The van der Waals surface area contributed by atoms with Crippen LogP contribution in [0.25, 0.3) is 0 Å². The normalized spacial score (nSPS) is 24.6. The van der Waals surface area contributed by atoms with E-state index in [9.17, 15) is 4.79 Å². The number of carbonyl (C=O) groups is 1. The first-order valence-corrected chi connectivity index (χ1v) is 6.30. The third-order valence-corrected chi connectivity index (χ3v) is 3.06. The molecule has 1 saturated heterocycles. The van der Waals surface area contributed by atoms with Crippen LogP contribution in [0.5, 0.6) is 0 Å². The van der Waals surface area contributed by atoms with Gasteiger partial charge in [0.25, 0.3) is 0 Å². The van der Waals surface area contributed by atoms with Crippen molar-refractivity contribution in [3.63, 3.8) is 0 Å². The zero-order valence-corrected chi connectivity index (χ0v) is 10.8. The highest BCUT2D eigenvalue weighted by Gasteiger charge is 2.27. The Hall–Kier alpha value is -0.650. The zero-order valence-electron chi connectivity index (χ0n) is 10.8. The Labute approximate surface area is 103 Å². The van der Waals surface area contributed by atoms with E-state index in [1.165, 1.54) is 0 Å². The van der Waals surface area contributed by atoms with Gasteiger partial charge in [0.1, 0.15) is 0 Å². The van der Waals surface area contributed by atoms with Gasteiger partial charge in [-0.2, -0.15) is 0 Å². The molecule has 5 nitrogen and oxygen atoms in total. The van der Waals surface area contributed by atoms with Crippen molar-refractivity contribution in [1.29, 1.82) is 0 Å². The SMILES string of the molecule is COCCNCCNC(=O)C1CCOCC1C. The minimum absolute atomic E-state index is 0.114. The van der Waals surface area contributed by atoms with Gasteiger partial charge in [0, 0.05) is 45.9 Å². The Morgan fingerprint density at radius 2 is 2.24 bits per heavy atom. The maximum absolute atomic E-state index is 11.9. The number of rotatable bonds is 7. The summed E-state index contributed by atoms with van der Waals surface area (Å²) in [5, 5.41) is 6.15. The molecule has 0 aromatic heterocycles. The fraction of sp³-hybridized carbons (Fsp3) is 0.917. The van der Waals surface area contributed by atoms with Crippen molar-refractivity contribution >= 4 is 5.91 Å². The maximum atomic E-state index is 11.9. The van der Waals surface area contributed by atoms with Gasteiger partial charge in [-0.15, -0.1) is 0 Å². The molecule has 0 spiro atoms. The highest BCUT2D eigenvalue weighted by Crippen LogP contribution is 2.21. The summed E-state index contributed by atoms with van der Waals surface area (Å²) in [7, 11) is 1.68. The lowest BCUT2D eigenvalue weighted by Crippen LogP contribution is -2.41. The van der Waals surface area contributed by atoms with Crippen LogP contribution in [-0.4, -0.2) is 52.5 Å². The molecule has 1 fully saturated rings. The van der Waals surface area contributed by atoms with Crippen molar-refractivity contribution in [3.05, 3.63) is 0 Å². The number of hydrogen-bond donors (Lipinski definition) is 2. The quantitative estimate of drug-likeness (QED) is 0.619. The van der Waals surface area contributed by atoms with E-state index in [0.717, 1.165) is 19.5 Å². The second-order valence-corrected chi connectivity index (χ2v) is 4.48. The number of hydrogen-bond acceptors (Lipinski definition) is 4. The molecule has 1 rings (SSSR count). The van der Waals surface area contributed by atoms with Gasteiger partial charge in [0.05, 0.1) is 6.61 Å². The molecule has 0 saturated carbocycles. The lowest BCUT2D eigenvalue weighted by atomic mass is 9.89. The molecular formula is C12H24N2O3. The van der Waals surface area contributed by atoms with E-state index in [1.54, 1.807) is 7.11 Å². The van der Waals surface area contributed by atoms with Crippen molar-refractivity contribution in [2.75, 3.05) is 46.6 Å². The molecule has 0 aliphatic carbocycles. The first kappa shape index (κ1) is 14.4. The Balaban J connectivity index is 2.07. The van der Waals surface area contributed by atoms with E-state index < -0.39 is 0 Å². The van der Waals surface area contributed by atoms with E-state index in [-0.39, 0.29) is 11.8 Å². The minimum Gasteiger partial charge on any atom is -0.383 e. The van der Waals surface area contributed by atoms with Crippen molar-refractivity contribution in [1.82, 2.24) is 10.6 Å². The molecule has 0 radical (unpaired) electrons. The molecule has 5 heteroatoms. The molecule has 1 aliphatic heterocycles. The summed E-state index contributed by atoms with van der Waals surface area (Å²) in [5.41, 5.74) is 0. The van der Waals surface area contributed by atoms with Gasteiger partial charge in [-0.05, 0) is 12.3 Å². The second kappa shape index (κ2) is 8.44. The van der Waals surface area contributed by atoms with E-state index in [0.29, 0.717) is 32.3 Å². The van der Waals surface area contributed by atoms with Crippen molar-refractivity contribution in [2.24, 2.45) is 11.8 Å². The standard InChI is InChI=1S/C12H24N2O3/c1-10-9-17-7-3-11(10)12(15)14-5-4-13-6-8-16-2/h10-11,13H,3-9H2,1-2H3,(H,14,15). The number of ether oxygens (including phenoxy) is 2. The van der Waals surface area contributed by atoms with Crippen molar-refractivity contribution < 1.29 is 14.3 Å². The number of methoxy groups -OCH3 is 1. The van der Waals surface area contributed by atoms with E-state index in [2.05, 4.69) is 17.6 Å². The van der Waals surface area contributed by atoms with Crippen LogP contribution in [-0.2, 0) is 14.3 Å². The lowest BCUT2D eigenvalue weighted by Gasteiger charge is -2.27. The first-order chi connectivity index (χ1) is 8.25. The fourth-order valence-corrected chi connectivity index (χ4v) is 1.97. The average Bonchev–Trinajstić information content (AvgIpc) is 2.34. The fourth-order valence-electron chi connectivity index (χ4n) is 1.97. The molecule has 1 aliphatic rings. The Kier molecular flexibility index (Phi) is 7.16. The van der Waals surface area contributed by atoms with Crippen LogP contribution in [0.15, 0.2) is 0 Å². The van der Waals surface area contributed by atoms with Crippen LogP contribution in [0.1, 0.15) is 13.3 Å². The van der Waals surface area contributed by atoms with Gasteiger partial charge in [0.15, 0.2) is 0 Å². The van der Waals surface area contributed by atoms with Crippen LogP contribution in [0.2, 0.25) is 0 Å². The Morgan fingerprint density at radius 3 is 2.94 bits per heavy atom. The largest absolute Gasteiger partial charge is 0.383 e. The van der Waals surface area contributed by atoms with Gasteiger partial charge in [0.2, 0.25) is 5.91 Å². The third-order valence-electron chi connectivity index (χ3n) is 3.06. The monoisotopic (exact) mass is 244 g/mol. The van der Waals surface area contributed by atoms with E-state index >= 15 is 0 Å². The summed E-state index contributed by atoms with van der Waals surface area (Å²) in [6.45, 7) is 6.45. The minimum atomic E-state index is 0.114. The summed E-state index contributed by atoms with van der Waals surface area (Å²) in [4.78, 5) is 11.9.